The molecule has 0 saturated heterocycles. The van der Waals surface area contributed by atoms with Crippen molar-refractivity contribution >= 4 is 32.9 Å². The summed E-state index contributed by atoms with van der Waals surface area (Å²) >= 11 is 3.21. The van der Waals surface area contributed by atoms with Crippen LogP contribution in [-0.2, 0) is 0 Å². The third kappa shape index (κ3) is 2.25. The number of nitrogens with zero attached hydrogens (tertiary/aromatic N) is 3. The molecule has 0 amide bonds. The van der Waals surface area contributed by atoms with E-state index in [1.165, 1.54) is 0 Å². The third-order valence-electron chi connectivity index (χ3n) is 3.12. The molecule has 4 aromatic rings. The van der Waals surface area contributed by atoms with Crippen LogP contribution >= 0.6 is 22.7 Å². The van der Waals surface area contributed by atoms with E-state index in [0.717, 1.165) is 20.7 Å². The summed E-state index contributed by atoms with van der Waals surface area (Å²) in [5, 5.41) is 7.99. The second-order valence-corrected chi connectivity index (χ2v) is 6.40. The molecule has 4 heterocycles. The average Bonchev–Trinajstić information content (AvgIpc) is 3.25. The van der Waals surface area contributed by atoms with Crippen LogP contribution in [0, 0.1) is 0 Å². The summed E-state index contributed by atoms with van der Waals surface area (Å²) < 4.78 is 6.39. The monoisotopic (exact) mass is 314 g/mol. The molecule has 1 unspecified atom stereocenters. The zero-order valence-corrected chi connectivity index (χ0v) is 12.4. The number of rotatable bonds is 3. The molecule has 0 aromatic carbocycles. The van der Waals surface area contributed by atoms with E-state index in [9.17, 15) is 0 Å². The highest BCUT2D eigenvalue weighted by molar-refractivity contribution is 7.17. The van der Waals surface area contributed by atoms with E-state index in [4.69, 9.17) is 10.3 Å². The summed E-state index contributed by atoms with van der Waals surface area (Å²) in [6, 6.07) is 7.52. The van der Waals surface area contributed by atoms with Gasteiger partial charge < -0.3 is 10.3 Å². The van der Waals surface area contributed by atoms with Crippen molar-refractivity contribution in [2.75, 3.05) is 0 Å². The lowest BCUT2D eigenvalue weighted by Crippen LogP contribution is -2.10. The van der Waals surface area contributed by atoms with Gasteiger partial charge in [-0.05, 0) is 29.0 Å². The maximum atomic E-state index is 6.13. The second-order valence-electron chi connectivity index (χ2n) is 4.48. The molecule has 1 atom stereocenters. The van der Waals surface area contributed by atoms with E-state index >= 15 is 0 Å². The molecule has 5 nitrogen and oxygen atoms in total. The Morgan fingerprint density at radius 1 is 1.19 bits per heavy atom. The Labute approximate surface area is 128 Å². The molecule has 0 aliphatic carbocycles. The van der Waals surface area contributed by atoms with Crippen molar-refractivity contribution in [3.8, 4) is 11.4 Å². The number of nitrogens with two attached hydrogens (primary N) is 1. The molecule has 104 valence electrons. The fraction of sp³-hybridized carbons (Fsp3) is 0.0714. The maximum absolute atomic E-state index is 6.13. The van der Waals surface area contributed by atoms with Crippen LogP contribution in [0.3, 0.4) is 0 Å². The van der Waals surface area contributed by atoms with Crippen molar-refractivity contribution in [1.82, 2.24) is 15.1 Å². The lowest BCUT2D eigenvalue weighted by molar-refractivity contribution is 0.368. The Morgan fingerprint density at radius 2 is 2.14 bits per heavy atom. The normalized spacial score (nSPS) is 12.8. The van der Waals surface area contributed by atoms with E-state index in [1.54, 1.807) is 28.9 Å². The fourth-order valence-corrected chi connectivity index (χ4v) is 3.54. The van der Waals surface area contributed by atoms with E-state index in [1.807, 2.05) is 35.0 Å². The van der Waals surface area contributed by atoms with Gasteiger partial charge in [-0.15, -0.1) is 22.7 Å². The molecule has 4 rings (SSSR count). The smallest absolute Gasteiger partial charge is 0.249 e. The molecular formula is C14H10N4OS2. The lowest BCUT2D eigenvalue weighted by Gasteiger charge is -2.01. The number of fused-ring (bicyclic) bond motifs is 1. The predicted molar refractivity (Wildman–Crippen MR) is 83.3 cm³/mol. The van der Waals surface area contributed by atoms with Gasteiger partial charge >= 0.3 is 0 Å². The van der Waals surface area contributed by atoms with Gasteiger partial charge in [0.1, 0.15) is 6.04 Å². The number of aromatic nitrogens is 3. The predicted octanol–water partition coefficient (Wildman–Crippen LogP) is 3.46. The van der Waals surface area contributed by atoms with Gasteiger partial charge in [0, 0.05) is 16.6 Å². The van der Waals surface area contributed by atoms with Gasteiger partial charge in [0.15, 0.2) is 0 Å². The summed E-state index contributed by atoms with van der Waals surface area (Å²) in [5.41, 5.74) is 7.93. The summed E-state index contributed by atoms with van der Waals surface area (Å²) in [5.74, 6) is 0.929. The number of hydrogen-bond donors (Lipinski definition) is 1. The molecule has 0 aliphatic heterocycles. The van der Waals surface area contributed by atoms with Crippen molar-refractivity contribution in [2.24, 2.45) is 5.73 Å². The van der Waals surface area contributed by atoms with Crippen LogP contribution in [0.25, 0.3) is 21.6 Å². The fourth-order valence-electron chi connectivity index (χ4n) is 2.04. The van der Waals surface area contributed by atoms with Crippen LogP contribution in [0.4, 0.5) is 0 Å². The summed E-state index contributed by atoms with van der Waals surface area (Å²) in [7, 11) is 0. The molecule has 0 spiro atoms. The van der Waals surface area contributed by atoms with Crippen molar-refractivity contribution < 1.29 is 4.52 Å². The summed E-state index contributed by atoms with van der Waals surface area (Å²) in [4.78, 5) is 9.77. The molecule has 0 aliphatic rings. The number of hydrogen-bond acceptors (Lipinski definition) is 7. The Morgan fingerprint density at radius 3 is 3.00 bits per heavy atom. The highest BCUT2D eigenvalue weighted by atomic mass is 32.1. The Kier molecular flexibility index (Phi) is 3.03. The molecule has 0 bridgehead atoms. The largest absolute Gasteiger partial charge is 0.337 e. The minimum absolute atomic E-state index is 0.385. The lowest BCUT2D eigenvalue weighted by atomic mass is 10.2. The first-order valence-electron chi connectivity index (χ1n) is 6.27. The maximum Gasteiger partial charge on any atom is 0.249 e. The molecule has 21 heavy (non-hydrogen) atoms. The van der Waals surface area contributed by atoms with Gasteiger partial charge in [-0.25, -0.2) is 0 Å². The molecule has 7 heteroatoms. The highest BCUT2D eigenvalue weighted by Gasteiger charge is 2.18. The van der Waals surface area contributed by atoms with Crippen LogP contribution in [0.5, 0.6) is 0 Å². The number of thiophene rings is 2. The van der Waals surface area contributed by atoms with Gasteiger partial charge in [-0.3, -0.25) is 4.98 Å². The molecular weight excluding hydrogens is 304 g/mol. The Balaban J connectivity index is 1.70. The van der Waals surface area contributed by atoms with Gasteiger partial charge in [0.2, 0.25) is 11.7 Å². The minimum atomic E-state index is -0.385. The SMILES string of the molecule is NC(c1nc(-c2cnc3ccsc3c2)no1)c1cccs1. The Bertz CT molecular complexity index is 881. The second kappa shape index (κ2) is 5.03. The van der Waals surface area contributed by atoms with Gasteiger partial charge in [-0.1, -0.05) is 11.2 Å². The van der Waals surface area contributed by atoms with Crippen molar-refractivity contribution in [1.29, 1.82) is 0 Å². The van der Waals surface area contributed by atoms with Crippen molar-refractivity contribution in [2.45, 2.75) is 6.04 Å². The van der Waals surface area contributed by atoms with Gasteiger partial charge in [0.25, 0.3) is 0 Å². The van der Waals surface area contributed by atoms with Crippen LogP contribution < -0.4 is 5.73 Å². The van der Waals surface area contributed by atoms with E-state index in [2.05, 4.69) is 15.1 Å². The van der Waals surface area contributed by atoms with E-state index < -0.39 is 0 Å². The van der Waals surface area contributed by atoms with E-state index in [0.29, 0.717) is 11.7 Å². The molecule has 2 N–H and O–H groups in total. The van der Waals surface area contributed by atoms with Crippen LogP contribution in [-0.4, -0.2) is 15.1 Å². The van der Waals surface area contributed by atoms with E-state index in [-0.39, 0.29) is 6.04 Å². The number of pyridine rings is 1. The first-order valence-corrected chi connectivity index (χ1v) is 8.03. The van der Waals surface area contributed by atoms with Crippen LogP contribution in [0.1, 0.15) is 16.8 Å². The zero-order valence-electron chi connectivity index (χ0n) is 10.8. The topological polar surface area (TPSA) is 77.8 Å². The van der Waals surface area contributed by atoms with Gasteiger partial charge in [-0.2, -0.15) is 4.98 Å². The van der Waals surface area contributed by atoms with Crippen molar-refractivity contribution in [3.63, 3.8) is 0 Å². The molecule has 0 saturated carbocycles. The van der Waals surface area contributed by atoms with Crippen molar-refractivity contribution in [3.05, 3.63) is 52.0 Å². The summed E-state index contributed by atoms with van der Waals surface area (Å²) in [6.45, 7) is 0. The van der Waals surface area contributed by atoms with Gasteiger partial charge in [0.05, 0.1) is 10.2 Å². The first-order chi connectivity index (χ1) is 10.3. The standard InChI is InChI=1S/C14H10N4OS2/c15-12(10-2-1-4-20-10)14-17-13(18-19-14)8-6-11-9(16-7-8)3-5-21-11/h1-7,12H,15H2. The average molecular weight is 314 g/mol. The summed E-state index contributed by atoms with van der Waals surface area (Å²) in [6.07, 6.45) is 1.75. The molecule has 4 aromatic heterocycles. The third-order valence-corrected chi connectivity index (χ3v) is 4.93. The highest BCUT2D eigenvalue weighted by Crippen LogP contribution is 2.27. The molecule has 0 radical (unpaired) electrons. The molecule has 0 fully saturated rings. The minimum Gasteiger partial charge on any atom is -0.337 e. The first kappa shape index (κ1) is 12.6. The van der Waals surface area contributed by atoms with Crippen LogP contribution in [0.15, 0.2) is 45.7 Å². The Hall–Kier alpha value is -2.09. The van der Waals surface area contributed by atoms with Crippen LogP contribution in [0.2, 0.25) is 0 Å². The quantitative estimate of drug-likeness (QED) is 0.626. The zero-order chi connectivity index (χ0) is 14.2.